The van der Waals surface area contributed by atoms with Gasteiger partial charge in [0, 0.05) is 0 Å². The molecule has 18 heavy (non-hydrogen) atoms. The average molecular weight is 244 g/mol. The van der Waals surface area contributed by atoms with Crippen LogP contribution in [0.4, 0.5) is 0 Å². The van der Waals surface area contributed by atoms with Crippen molar-refractivity contribution in [1.29, 1.82) is 0 Å². The van der Waals surface area contributed by atoms with Crippen molar-refractivity contribution >= 4 is 7.12 Å². The summed E-state index contributed by atoms with van der Waals surface area (Å²) in [6, 6.07) is 0. The van der Waals surface area contributed by atoms with Crippen molar-refractivity contribution < 1.29 is 9.31 Å². The predicted octanol–water partition coefficient (Wildman–Crippen LogP) is 3.62. The van der Waals surface area contributed by atoms with Crippen molar-refractivity contribution in [1.82, 2.24) is 0 Å². The monoisotopic (exact) mass is 244 g/mol. The van der Waals surface area contributed by atoms with Gasteiger partial charge >= 0.3 is 7.12 Å². The van der Waals surface area contributed by atoms with E-state index >= 15 is 0 Å². The minimum Gasteiger partial charge on any atom is -0.399 e. The lowest BCUT2D eigenvalue weighted by atomic mass is 9.77. The highest BCUT2D eigenvalue weighted by molar-refractivity contribution is 6.55. The van der Waals surface area contributed by atoms with Crippen molar-refractivity contribution in [3.05, 3.63) is 47.5 Å². The van der Waals surface area contributed by atoms with Crippen LogP contribution in [0.2, 0.25) is 0 Å². The molecule has 96 valence electrons. The Kier molecular flexibility index (Phi) is 3.39. The number of rotatable bonds is 1. The molecule has 0 spiro atoms. The van der Waals surface area contributed by atoms with Gasteiger partial charge in [-0.15, -0.1) is 0 Å². The Morgan fingerprint density at radius 1 is 0.889 bits per heavy atom. The molecule has 0 radical (unpaired) electrons. The second kappa shape index (κ2) is 4.56. The molecule has 0 unspecified atom stereocenters. The van der Waals surface area contributed by atoms with Gasteiger partial charge in [0.2, 0.25) is 0 Å². The first kappa shape index (κ1) is 13.4. The van der Waals surface area contributed by atoms with E-state index in [0.29, 0.717) is 0 Å². The highest BCUT2D eigenvalue weighted by atomic mass is 16.7. The topological polar surface area (TPSA) is 18.5 Å². The molecular formula is C15H21BO2. The zero-order valence-electron chi connectivity index (χ0n) is 11.9. The minimum absolute atomic E-state index is 0.288. The number of allylic oxidation sites excluding steroid dienone is 8. The molecule has 0 amide bonds. The lowest BCUT2D eigenvalue weighted by Crippen LogP contribution is -2.41. The van der Waals surface area contributed by atoms with Crippen LogP contribution in [0, 0.1) is 0 Å². The summed E-state index contributed by atoms with van der Waals surface area (Å²) < 4.78 is 12.1. The molecule has 2 rings (SSSR count). The van der Waals surface area contributed by atoms with Gasteiger partial charge in [-0.2, -0.15) is 0 Å². The predicted molar refractivity (Wildman–Crippen MR) is 76.2 cm³/mol. The molecule has 1 heterocycles. The molecule has 1 fully saturated rings. The van der Waals surface area contributed by atoms with E-state index in [1.165, 1.54) is 5.57 Å². The third-order valence-electron chi connectivity index (χ3n) is 3.82. The molecule has 0 aromatic rings. The number of hydrogen-bond donors (Lipinski definition) is 0. The molecule has 0 atom stereocenters. The maximum absolute atomic E-state index is 6.03. The summed E-state index contributed by atoms with van der Waals surface area (Å²) in [6.45, 7) is 10.4. The fraction of sp³-hybridized carbons (Fsp3) is 0.467. The number of hydrogen-bond acceptors (Lipinski definition) is 2. The van der Waals surface area contributed by atoms with Crippen molar-refractivity contribution in [3.8, 4) is 0 Å². The molecule has 0 aromatic carbocycles. The minimum atomic E-state index is -0.289. The fourth-order valence-corrected chi connectivity index (χ4v) is 1.87. The molecule has 0 saturated carbocycles. The van der Waals surface area contributed by atoms with Crippen LogP contribution in [0.5, 0.6) is 0 Å². The molecule has 0 aromatic heterocycles. The van der Waals surface area contributed by atoms with Crippen molar-refractivity contribution in [2.75, 3.05) is 0 Å². The van der Waals surface area contributed by atoms with E-state index in [9.17, 15) is 0 Å². The standard InChI is InChI=1S/C15H21BO2/c1-12-8-6-10-13(11-7-9-12)16-17-14(2,3)15(4,5)18-16/h6-11H,1-5H3/b8-6-,9-7?,10-6?,11-7-,12-8?,12-9-,13-10+,13-11?. The van der Waals surface area contributed by atoms with Gasteiger partial charge in [0.1, 0.15) is 0 Å². The average Bonchev–Trinajstić information content (AvgIpc) is 2.41. The van der Waals surface area contributed by atoms with E-state index in [1.54, 1.807) is 0 Å². The van der Waals surface area contributed by atoms with E-state index in [-0.39, 0.29) is 18.3 Å². The lowest BCUT2D eigenvalue weighted by molar-refractivity contribution is 0.00578. The van der Waals surface area contributed by atoms with Crippen LogP contribution in [0.1, 0.15) is 34.6 Å². The van der Waals surface area contributed by atoms with Crippen molar-refractivity contribution in [3.63, 3.8) is 0 Å². The summed E-state index contributed by atoms with van der Waals surface area (Å²) >= 11 is 0. The van der Waals surface area contributed by atoms with Crippen molar-refractivity contribution in [2.24, 2.45) is 0 Å². The third kappa shape index (κ3) is 2.52. The Hall–Kier alpha value is -1.06. The highest BCUT2D eigenvalue weighted by Crippen LogP contribution is 2.38. The summed E-state index contributed by atoms with van der Waals surface area (Å²) in [5, 5.41) is 0. The summed E-state index contributed by atoms with van der Waals surface area (Å²) in [7, 11) is -0.289. The van der Waals surface area contributed by atoms with Crippen LogP contribution in [-0.4, -0.2) is 18.3 Å². The Labute approximate surface area is 110 Å². The van der Waals surface area contributed by atoms with E-state index < -0.39 is 0 Å². The van der Waals surface area contributed by atoms with Gasteiger partial charge in [-0.25, -0.2) is 0 Å². The van der Waals surface area contributed by atoms with Crippen LogP contribution < -0.4 is 0 Å². The summed E-state index contributed by atoms with van der Waals surface area (Å²) in [5.41, 5.74) is 1.71. The zero-order valence-corrected chi connectivity index (χ0v) is 11.9. The normalized spacial score (nSPS) is 34.8. The second-order valence-electron chi connectivity index (χ2n) is 5.88. The van der Waals surface area contributed by atoms with Gasteiger partial charge in [-0.3, -0.25) is 0 Å². The van der Waals surface area contributed by atoms with Gasteiger partial charge in [0.15, 0.2) is 0 Å². The molecule has 1 aliphatic carbocycles. The maximum Gasteiger partial charge on any atom is 0.494 e. The first-order valence-corrected chi connectivity index (χ1v) is 6.41. The van der Waals surface area contributed by atoms with E-state index in [1.807, 2.05) is 12.2 Å². The SMILES string of the molecule is CC1=C/C=C\C(B2OC(C)(C)C(C)(C)O2)=C/C=C\1. The first-order valence-electron chi connectivity index (χ1n) is 6.41. The van der Waals surface area contributed by atoms with Crippen LogP contribution in [0.15, 0.2) is 47.5 Å². The molecule has 3 heteroatoms. The summed E-state index contributed by atoms with van der Waals surface area (Å²) in [4.78, 5) is 0. The molecule has 1 saturated heterocycles. The van der Waals surface area contributed by atoms with Crippen LogP contribution in [-0.2, 0) is 9.31 Å². The molecule has 0 N–H and O–H groups in total. The first-order chi connectivity index (χ1) is 8.32. The third-order valence-corrected chi connectivity index (χ3v) is 3.82. The maximum atomic E-state index is 6.03. The van der Waals surface area contributed by atoms with E-state index in [0.717, 1.165) is 5.47 Å². The smallest absolute Gasteiger partial charge is 0.399 e. The fourth-order valence-electron chi connectivity index (χ4n) is 1.87. The van der Waals surface area contributed by atoms with E-state index in [4.69, 9.17) is 9.31 Å². The molecular weight excluding hydrogens is 223 g/mol. The van der Waals surface area contributed by atoms with Gasteiger partial charge in [-0.1, -0.05) is 42.0 Å². The van der Waals surface area contributed by atoms with E-state index in [2.05, 4.69) is 58.9 Å². The second-order valence-corrected chi connectivity index (χ2v) is 5.88. The van der Waals surface area contributed by atoms with Crippen LogP contribution in [0.25, 0.3) is 0 Å². The molecule has 0 bridgehead atoms. The van der Waals surface area contributed by atoms with Crippen LogP contribution in [0.3, 0.4) is 0 Å². The quantitative estimate of drug-likeness (QED) is 0.656. The summed E-state index contributed by atoms with van der Waals surface area (Å²) in [6.07, 6.45) is 12.3. The van der Waals surface area contributed by atoms with Gasteiger partial charge in [0.25, 0.3) is 0 Å². The molecule has 2 aliphatic rings. The molecule has 2 nitrogen and oxygen atoms in total. The summed E-state index contributed by atoms with van der Waals surface area (Å²) in [5.74, 6) is 0. The van der Waals surface area contributed by atoms with Crippen molar-refractivity contribution in [2.45, 2.75) is 45.8 Å². The molecule has 1 aliphatic heterocycles. The van der Waals surface area contributed by atoms with Crippen LogP contribution >= 0.6 is 0 Å². The van der Waals surface area contributed by atoms with Gasteiger partial charge < -0.3 is 9.31 Å². The van der Waals surface area contributed by atoms with Gasteiger partial charge in [0.05, 0.1) is 11.2 Å². The Morgan fingerprint density at radius 3 is 2.06 bits per heavy atom. The largest absolute Gasteiger partial charge is 0.494 e. The lowest BCUT2D eigenvalue weighted by Gasteiger charge is -2.32. The van der Waals surface area contributed by atoms with Gasteiger partial charge in [-0.05, 0) is 40.1 Å². The highest BCUT2D eigenvalue weighted by Gasteiger charge is 2.51. The Bertz CT molecular complexity index is 437. The Balaban J connectivity index is 2.20. The zero-order chi connectivity index (χ0) is 13.4. The Morgan fingerprint density at radius 2 is 1.44 bits per heavy atom.